The van der Waals surface area contributed by atoms with Crippen molar-refractivity contribution < 1.29 is 14.3 Å². The first-order chi connectivity index (χ1) is 13.5. The summed E-state index contributed by atoms with van der Waals surface area (Å²) in [5, 5.41) is 3.38. The van der Waals surface area contributed by atoms with Crippen LogP contribution >= 0.6 is 0 Å². The standard InChI is InChI=1S/C21H34N4O3/c1-5-23(6-2)18-8-9-19(17(4)16-18)22-11-10-20(26)24-12-14-25(15-13-24)21(27)28-7-3/h8-9,16,22H,5-7,10-15H2,1-4H3. The van der Waals surface area contributed by atoms with Gasteiger partial charge in [-0.15, -0.1) is 0 Å². The number of aryl methyl sites for hydroxylation is 1. The molecule has 0 radical (unpaired) electrons. The zero-order valence-electron chi connectivity index (χ0n) is 17.7. The second kappa shape index (κ2) is 10.8. The van der Waals surface area contributed by atoms with Crippen molar-refractivity contribution in [3.63, 3.8) is 0 Å². The number of carbonyl (C=O) groups excluding carboxylic acids is 2. The summed E-state index contributed by atoms with van der Waals surface area (Å²) >= 11 is 0. The zero-order chi connectivity index (χ0) is 20.5. The Balaban J connectivity index is 1.77. The fourth-order valence-electron chi connectivity index (χ4n) is 3.45. The van der Waals surface area contributed by atoms with Crippen LogP contribution in [0.4, 0.5) is 16.2 Å². The molecule has 7 nitrogen and oxygen atoms in total. The van der Waals surface area contributed by atoms with Gasteiger partial charge in [-0.05, 0) is 51.5 Å². The predicted octanol–water partition coefficient (Wildman–Crippen LogP) is 2.94. The first kappa shape index (κ1) is 21.9. The first-order valence-corrected chi connectivity index (χ1v) is 10.3. The summed E-state index contributed by atoms with van der Waals surface area (Å²) in [7, 11) is 0. The Kier molecular flexibility index (Phi) is 8.42. The Labute approximate surface area is 168 Å². The summed E-state index contributed by atoms with van der Waals surface area (Å²) in [6, 6.07) is 6.40. The Morgan fingerprint density at radius 1 is 1.07 bits per heavy atom. The van der Waals surface area contributed by atoms with E-state index in [4.69, 9.17) is 4.74 Å². The molecule has 1 aliphatic rings. The van der Waals surface area contributed by atoms with Gasteiger partial charge in [0.2, 0.25) is 5.91 Å². The van der Waals surface area contributed by atoms with Crippen LogP contribution in [-0.4, -0.2) is 74.2 Å². The van der Waals surface area contributed by atoms with Gasteiger partial charge in [0.05, 0.1) is 6.61 Å². The third kappa shape index (κ3) is 5.78. The maximum absolute atomic E-state index is 12.4. The van der Waals surface area contributed by atoms with E-state index in [0.29, 0.717) is 45.8 Å². The van der Waals surface area contributed by atoms with Gasteiger partial charge in [-0.2, -0.15) is 0 Å². The molecule has 1 aliphatic heterocycles. The molecule has 7 heteroatoms. The topological polar surface area (TPSA) is 65.1 Å². The van der Waals surface area contributed by atoms with Gasteiger partial charge in [0.25, 0.3) is 0 Å². The molecule has 1 N–H and O–H groups in total. The van der Waals surface area contributed by atoms with Crippen molar-refractivity contribution in [3.05, 3.63) is 23.8 Å². The number of hydrogen-bond donors (Lipinski definition) is 1. The lowest BCUT2D eigenvalue weighted by Crippen LogP contribution is -2.50. The number of carbonyl (C=O) groups is 2. The van der Waals surface area contributed by atoms with Gasteiger partial charge in [0.1, 0.15) is 0 Å². The molecule has 0 spiro atoms. The predicted molar refractivity (Wildman–Crippen MR) is 113 cm³/mol. The Bertz CT molecular complexity index is 653. The average molecular weight is 391 g/mol. The number of amides is 2. The van der Waals surface area contributed by atoms with Crippen molar-refractivity contribution in [1.82, 2.24) is 9.80 Å². The molecule has 28 heavy (non-hydrogen) atoms. The number of rotatable bonds is 8. The van der Waals surface area contributed by atoms with E-state index in [1.54, 1.807) is 11.8 Å². The molecular formula is C21H34N4O3. The highest BCUT2D eigenvalue weighted by molar-refractivity contribution is 5.77. The van der Waals surface area contributed by atoms with Gasteiger partial charge in [0.15, 0.2) is 0 Å². The van der Waals surface area contributed by atoms with E-state index in [-0.39, 0.29) is 12.0 Å². The van der Waals surface area contributed by atoms with Crippen molar-refractivity contribution in [2.24, 2.45) is 0 Å². The summed E-state index contributed by atoms with van der Waals surface area (Å²) in [6.45, 7) is 13.3. The summed E-state index contributed by atoms with van der Waals surface area (Å²) in [5.41, 5.74) is 3.47. The molecule has 1 fully saturated rings. The molecule has 0 aliphatic carbocycles. The molecule has 1 aromatic rings. The van der Waals surface area contributed by atoms with Gasteiger partial charge in [-0.1, -0.05) is 0 Å². The van der Waals surface area contributed by atoms with Crippen LogP contribution < -0.4 is 10.2 Å². The summed E-state index contributed by atoms with van der Waals surface area (Å²) in [6.07, 6.45) is 0.149. The molecule has 2 rings (SSSR count). The van der Waals surface area contributed by atoms with Crippen LogP contribution in [0.15, 0.2) is 18.2 Å². The number of nitrogens with one attached hydrogen (secondary N) is 1. The van der Waals surface area contributed by atoms with Gasteiger partial charge >= 0.3 is 6.09 Å². The number of anilines is 2. The van der Waals surface area contributed by atoms with E-state index >= 15 is 0 Å². The van der Waals surface area contributed by atoms with Gasteiger partial charge < -0.3 is 24.8 Å². The minimum absolute atomic E-state index is 0.119. The fourth-order valence-corrected chi connectivity index (χ4v) is 3.45. The van der Waals surface area contributed by atoms with E-state index in [0.717, 1.165) is 18.8 Å². The lowest BCUT2D eigenvalue weighted by Gasteiger charge is -2.34. The van der Waals surface area contributed by atoms with Crippen molar-refractivity contribution >= 4 is 23.4 Å². The molecule has 1 heterocycles. The second-order valence-corrected chi connectivity index (χ2v) is 6.92. The normalized spacial score (nSPS) is 14.0. The van der Waals surface area contributed by atoms with Crippen LogP contribution in [0.2, 0.25) is 0 Å². The molecule has 1 aromatic carbocycles. The van der Waals surface area contributed by atoms with Crippen LogP contribution in [0.3, 0.4) is 0 Å². The highest BCUT2D eigenvalue weighted by atomic mass is 16.6. The van der Waals surface area contributed by atoms with Crippen LogP contribution in [0, 0.1) is 6.92 Å². The molecule has 0 unspecified atom stereocenters. The molecule has 1 saturated heterocycles. The number of piperazine rings is 1. The third-order valence-electron chi connectivity index (χ3n) is 5.15. The first-order valence-electron chi connectivity index (χ1n) is 10.3. The van der Waals surface area contributed by atoms with E-state index in [1.807, 2.05) is 4.90 Å². The smallest absolute Gasteiger partial charge is 0.409 e. The molecular weight excluding hydrogens is 356 g/mol. The van der Waals surface area contributed by atoms with E-state index in [1.165, 1.54) is 11.3 Å². The monoisotopic (exact) mass is 390 g/mol. The summed E-state index contributed by atoms with van der Waals surface area (Å²) < 4.78 is 5.01. The SMILES string of the molecule is CCOC(=O)N1CCN(C(=O)CCNc2ccc(N(CC)CC)cc2C)CC1. The van der Waals surface area contributed by atoms with Crippen LogP contribution in [0.1, 0.15) is 32.8 Å². The van der Waals surface area contributed by atoms with Gasteiger partial charge in [0, 0.05) is 63.6 Å². The highest BCUT2D eigenvalue weighted by Crippen LogP contribution is 2.22. The molecule has 0 saturated carbocycles. The molecule has 0 bridgehead atoms. The minimum atomic E-state index is -0.292. The highest BCUT2D eigenvalue weighted by Gasteiger charge is 2.24. The van der Waals surface area contributed by atoms with Crippen molar-refractivity contribution in [2.75, 3.05) is 62.6 Å². The fraction of sp³-hybridized carbons (Fsp3) is 0.619. The van der Waals surface area contributed by atoms with E-state index in [9.17, 15) is 9.59 Å². The molecule has 156 valence electrons. The molecule has 0 aromatic heterocycles. The Morgan fingerprint density at radius 3 is 2.29 bits per heavy atom. The number of nitrogens with zero attached hydrogens (tertiary/aromatic N) is 3. The van der Waals surface area contributed by atoms with Crippen LogP contribution in [0.25, 0.3) is 0 Å². The lowest BCUT2D eigenvalue weighted by molar-refractivity contribution is -0.132. The number of ether oxygens (including phenoxy) is 1. The quantitative estimate of drug-likeness (QED) is 0.739. The largest absolute Gasteiger partial charge is 0.450 e. The van der Waals surface area contributed by atoms with Crippen molar-refractivity contribution in [3.8, 4) is 0 Å². The van der Waals surface area contributed by atoms with Crippen LogP contribution in [0.5, 0.6) is 0 Å². The Morgan fingerprint density at radius 2 is 1.71 bits per heavy atom. The summed E-state index contributed by atoms with van der Waals surface area (Å²) in [5.74, 6) is 0.119. The lowest BCUT2D eigenvalue weighted by atomic mass is 10.1. The van der Waals surface area contributed by atoms with E-state index in [2.05, 4.69) is 49.2 Å². The third-order valence-corrected chi connectivity index (χ3v) is 5.15. The minimum Gasteiger partial charge on any atom is -0.450 e. The molecule has 0 atom stereocenters. The van der Waals surface area contributed by atoms with Crippen molar-refractivity contribution in [1.29, 1.82) is 0 Å². The number of hydrogen-bond acceptors (Lipinski definition) is 5. The number of benzene rings is 1. The molecule has 2 amide bonds. The van der Waals surface area contributed by atoms with E-state index < -0.39 is 0 Å². The maximum Gasteiger partial charge on any atom is 0.409 e. The zero-order valence-corrected chi connectivity index (χ0v) is 17.7. The second-order valence-electron chi connectivity index (χ2n) is 6.92. The van der Waals surface area contributed by atoms with Gasteiger partial charge in [-0.25, -0.2) is 4.79 Å². The van der Waals surface area contributed by atoms with Gasteiger partial charge in [-0.3, -0.25) is 4.79 Å². The van der Waals surface area contributed by atoms with Crippen molar-refractivity contribution in [2.45, 2.75) is 34.1 Å². The Hall–Kier alpha value is -2.44. The average Bonchev–Trinajstić information content (AvgIpc) is 2.70. The van der Waals surface area contributed by atoms with Crippen LogP contribution in [-0.2, 0) is 9.53 Å². The maximum atomic E-state index is 12.4. The summed E-state index contributed by atoms with van der Waals surface area (Å²) in [4.78, 5) is 30.0.